The van der Waals surface area contributed by atoms with E-state index in [1.54, 1.807) is 31.3 Å². The Labute approximate surface area is 266 Å². The molecular formula is C31H34Cl2FN7O2Si. The van der Waals surface area contributed by atoms with Gasteiger partial charge in [-0.2, -0.15) is 5.10 Å². The molecule has 1 amide bonds. The minimum absolute atomic E-state index is 0.129. The van der Waals surface area contributed by atoms with Crippen molar-refractivity contribution < 1.29 is 13.9 Å². The molecule has 0 spiro atoms. The van der Waals surface area contributed by atoms with Crippen LogP contribution in [0.25, 0.3) is 16.9 Å². The van der Waals surface area contributed by atoms with Gasteiger partial charge >= 0.3 is 0 Å². The zero-order chi connectivity index (χ0) is 31.6. The second-order valence-electron chi connectivity index (χ2n) is 11.9. The number of pyridine rings is 1. The second kappa shape index (κ2) is 13.2. The number of ether oxygens (including phenoxy) is 1. The molecular weight excluding hydrogens is 620 g/mol. The molecule has 2 aromatic carbocycles. The maximum atomic E-state index is 14.3. The van der Waals surface area contributed by atoms with E-state index >= 15 is 0 Å². The molecule has 0 radical (unpaired) electrons. The molecule has 0 bridgehead atoms. The summed E-state index contributed by atoms with van der Waals surface area (Å²) in [5, 5.41) is 7.53. The van der Waals surface area contributed by atoms with Gasteiger partial charge in [0.15, 0.2) is 5.65 Å². The Kier molecular flexibility index (Phi) is 9.50. The van der Waals surface area contributed by atoms with Gasteiger partial charge < -0.3 is 10.1 Å². The molecule has 0 fully saturated rings. The number of hydrogen-bond donors (Lipinski definition) is 1. The zero-order valence-electron chi connectivity index (χ0n) is 25.2. The number of amides is 1. The van der Waals surface area contributed by atoms with Crippen molar-refractivity contribution in [3.8, 4) is 5.69 Å². The normalized spacial score (nSPS) is 12.5. The van der Waals surface area contributed by atoms with Crippen molar-refractivity contribution in [1.82, 2.24) is 34.6 Å². The standard InChI is InChI=1S/C31H34Cl2FN7O2Si/c1-19-37-17-41(39-19)24-13-26(32)29(27(33)14-24)31(42)36-16-25(21-7-6-8-23(34)11-21)22-12-28-30(35-15-22)40(20(2)38-28)18-43-9-10-44(3,4)5/h6-8,11-15,17,25H,9-10,16,18H2,1-5H3,(H,36,42). The van der Waals surface area contributed by atoms with Crippen LogP contribution in [0, 0.1) is 19.7 Å². The number of aryl methyl sites for hydroxylation is 2. The highest BCUT2D eigenvalue weighted by Crippen LogP contribution is 2.30. The van der Waals surface area contributed by atoms with Crippen LogP contribution in [0.5, 0.6) is 0 Å². The summed E-state index contributed by atoms with van der Waals surface area (Å²) < 4.78 is 23.8. The summed E-state index contributed by atoms with van der Waals surface area (Å²) in [6, 6.07) is 12.5. The maximum absolute atomic E-state index is 14.3. The fourth-order valence-electron chi connectivity index (χ4n) is 4.83. The van der Waals surface area contributed by atoms with E-state index in [9.17, 15) is 9.18 Å². The molecule has 230 valence electrons. The van der Waals surface area contributed by atoms with Crippen molar-refractivity contribution in [3.05, 3.63) is 99.2 Å². The topological polar surface area (TPSA) is 99.8 Å². The molecule has 0 saturated carbocycles. The fourth-order valence-corrected chi connectivity index (χ4v) is 6.24. The highest BCUT2D eigenvalue weighted by atomic mass is 35.5. The van der Waals surface area contributed by atoms with Crippen molar-refractivity contribution in [1.29, 1.82) is 0 Å². The highest BCUT2D eigenvalue weighted by Gasteiger charge is 2.22. The SMILES string of the molecule is Cc1ncn(-c2cc(Cl)c(C(=O)NCC(c3cccc(F)c3)c3cnc4c(c3)nc(C)n4COCC[Si](C)(C)C)c(Cl)c2)n1. The molecule has 13 heteroatoms. The first-order chi connectivity index (χ1) is 20.9. The van der Waals surface area contributed by atoms with E-state index in [1.165, 1.54) is 23.1 Å². The summed E-state index contributed by atoms with van der Waals surface area (Å²) in [7, 11) is -1.21. The average molecular weight is 655 g/mol. The second-order valence-corrected chi connectivity index (χ2v) is 18.3. The molecule has 1 unspecified atom stereocenters. The number of carbonyl (C=O) groups excluding carboxylic acids is 1. The lowest BCUT2D eigenvalue weighted by Gasteiger charge is -2.19. The van der Waals surface area contributed by atoms with Crippen molar-refractivity contribution in [2.45, 2.75) is 52.2 Å². The van der Waals surface area contributed by atoms with Gasteiger partial charge in [0, 0.05) is 33.3 Å². The largest absolute Gasteiger partial charge is 0.361 e. The first kappa shape index (κ1) is 31.8. The summed E-state index contributed by atoms with van der Waals surface area (Å²) in [5.41, 5.74) is 3.52. The number of benzene rings is 2. The summed E-state index contributed by atoms with van der Waals surface area (Å²) in [6.07, 6.45) is 3.27. The summed E-state index contributed by atoms with van der Waals surface area (Å²) >= 11 is 13.0. The van der Waals surface area contributed by atoms with Gasteiger partial charge in [-0.1, -0.05) is 55.0 Å². The Morgan fingerprint density at radius 1 is 1.07 bits per heavy atom. The van der Waals surface area contributed by atoms with E-state index in [-0.39, 0.29) is 28.0 Å². The van der Waals surface area contributed by atoms with Gasteiger partial charge in [-0.05, 0) is 61.4 Å². The Hall–Kier alpha value is -3.64. The van der Waals surface area contributed by atoms with E-state index in [2.05, 4.69) is 35.0 Å². The van der Waals surface area contributed by atoms with Gasteiger partial charge in [0.1, 0.15) is 36.0 Å². The smallest absolute Gasteiger partial charge is 0.254 e. The summed E-state index contributed by atoms with van der Waals surface area (Å²) in [5.74, 6) is 0.0886. The minimum Gasteiger partial charge on any atom is -0.361 e. The minimum atomic E-state index is -1.21. The Morgan fingerprint density at radius 2 is 1.82 bits per heavy atom. The maximum Gasteiger partial charge on any atom is 0.254 e. The van der Waals surface area contributed by atoms with E-state index in [1.807, 2.05) is 23.6 Å². The van der Waals surface area contributed by atoms with Crippen LogP contribution in [-0.2, 0) is 11.5 Å². The molecule has 5 aromatic rings. The Morgan fingerprint density at radius 3 is 2.48 bits per heavy atom. The summed E-state index contributed by atoms with van der Waals surface area (Å²) in [6.45, 7) is 11.8. The number of imidazole rings is 1. The Bertz CT molecular complexity index is 1800. The predicted molar refractivity (Wildman–Crippen MR) is 173 cm³/mol. The van der Waals surface area contributed by atoms with E-state index in [0.29, 0.717) is 41.6 Å². The third kappa shape index (κ3) is 7.35. The van der Waals surface area contributed by atoms with Crippen molar-refractivity contribution in [2.24, 2.45) is 0 Å². The monoisotopic (exact) mass is 653 g/mol. The molecule has 1 N–H and O–H groups in total. The van der Waals surface area contributed by atoms with Gasteiger partial charge in [0.2, 0.25) is 0 Å². The molecule has 0 aliphatic heterocycles. The van der Waals surface area contributed by atoms with Crippen molar-refractivity contribution in [3.63, 3.8) is 0 Å². The first-order valence-electron chi connectivity index (χ1n) is 14.2. The molecule has 3 aromatic heterocycles. The quantitative estimate of drug-likeness (QED) is 0.122. The molecule has 5 rings (SSSR count). The third-order valence-electron chi connectivity index (χ3n) is 7.26. The van der Waals surface area contributed by atoms with Crippen LogP contribution in [0.1, 0.15) is 39.1 Å². The molecule has 1 atom stereocenters. The number of nitrogens with zero attached hydrogens (tertiary/aromatic N) is 6. The molecule has 3 heterocycles. The number of aromatic nitrogens is 6. The lowest BCUT2D eigenvalue weighted by molar-refractivity contribution is 0.0881. The van der Waals surface area contributed by atoms with Crippen molar-refractivity contribution in [2.75, 3.05) is 13.2 Å². The van der Waals surface area contributed by atoms with E-state index in [0.717, 1.165) is 17.4 Å². The lowest BCUT2D eigenvalue weighted by Crippen LogP contribution is -2.29. The third-order valence-corrected chi connectivity index (χ3v) is 9.56. The van der Waals surface area contributed by atoms with Gasteiger partial charge in [-0.3, -0.25) is 9.36 Å². The fraction of sp³-hybridized carbons (Fsp3) is 0.323. The lowest BCUT2D eigenvalue weighted by atomic mass is 9.92. The zero-order valence-corrected chi connectivity index (χ0v) is 27.7. The number of fused-ring (bicyclic) bond motifs is 1. The van der Waals surface area contributed by atoms with Gasteiger partial charge in [-0.25, -0.2) is 24.0 Å². The van der Waals surface area contributed by atoms with Crippen LogP contribution in [0.15, 0.2) is 55.0 Å². The molecule has 0 aliphatic carbocycles. The Balaban J connectivity index is 1.39. The van der Waals surface area contributed by atoms with Gasteiger partial charge in [0.25, 0.3) is 5.91 Å². The molecule has 0 saturated heterocycles. The number of halogens is 3. The van der Waals surface area contributed by atoms with Gasteiger partial charge in [-0.15, -0.1) is 0 Å². The number of hydrogen-bond acceptors (Lipinski definition) is 6. The number of carbonyl (C=O) groups is 1. The highest BCUT2D eigenvalue weighted by molar-refractivity contribution is 6.76. The predicted octanol–water partition coefficient (Wildman–Crippen LogP) is 6.95. The summed E-state index contributed by atoms with van der Waals surface area (Å²) in [4.78, 5) is 26.9. The van der Waals surface area contributed by atoms with Crippen LogP contribution in [0.3, 0.4) is 0 Å². The molecule has 0 aliphatic rings. The van der Waals surface area contributed by atoms with E-state index in [4.69, 9.17) is 37.9 Å². The van der Waals surface area contributed by atoms with Gasteiger partial charge in [0.05, 0.1) is 21.3 Å². The average Bonchev–Trinajstić information content (AvgIpc) is 3.52. The van der Waals surface area contributed by atoms with Crippen LogP contribution in [0.2, 0.25) is 35.7 Å². The van der Waals surface area contributed by atoms with Crippen LogP contribution in [0.4, 0.5) is 4.39 Å². The molecule has 9 nitrogen and oxygen atoms in total. The van der Waals surface area contributed by atoms with Crippen molar-refractivity contribution >= 4 is 48.3 Å². The van der Waals surface area contributed by atoms with E-state index < -0.39 is 19.9 Å². The van der Waals surface area contributed by atoms with Crippen LogP contribution >= 0.6 is 23.2 Å². The molecule has 44 heavy (non-hydrogen) atoms. The van der Waals surface area contributed by atoms with Crippen LogP contribution < -0.4 is 5.32 Å². The first-order valence-corrected chi connectivity index (χ1v) is 18.7. The van der Waals surface area contributed by atoms with Crippen LogP contribution in [-0.4, -0.2) is 56.4 Å². The number of rotatable bonds is 11. The number of nitrogens with one attached hydrogen (secondary N) is 1.